The van der Waals surface area contributed by atoms with Crippen molar-refractivity contribution < 1.29 is 12.8 Å². The third-order valence-corrected chi connectivity index (χ3v) is 5.38. The molecule has 0 aliphatic heterocycles. The first-order valence-electron chi connectivity index (χ1n) is 6.50. The van der Waals surface area contributed by atoms with E-state index in [9.17, 15) is 12.8 Å². The van der Waals surface area contributed by atoms with Crippen molar-refractivity contribution in [3.05, 3.63) is 63.9 Å². The Balaban J connectivity index is 2.09. The monoisotopic (exact) mass is 361 g/mol. The van der Waals surface area contributed by atoms with E-state index in [1.807, 2.05) is 6.92 Å². The van der Waals surface area contributed by atoms with Crippen LogP contribution in [0, 0.1) is 5.82 Å². The molecule has 0 heterocycles. The van der Waals surface area contributed by atoms with Gasteiger partial charge in [-0.15, -0.1) is 0 Å². The molecule has 1 unspecified atom stereocenters. The van der Waals surface area contributed by atoms with Crippen LogP contribution in [0.3, 0.4) is 0 Å². The molecule has 3 nitrogen and oxygen atoms in total. The lowest BCUT2D eigenvalue weighted by Crippen LogP contribution is -2.27. The fourth-order valence-corrected chi connectivity index (χ4v) is 3.39. The number of nitrogens with one attached hydrogen (secondary N) is 1. The predicted octanol–water partition coefficient (Wildman–Crippen LogP) is 4.21. The van der Waals surface area contributed by atoms with E-state index in [1.165, 1.54) is 30.3 Å². The number of benzene rings is 2. The highest BCUT2D eigenvalue weighted by atomic mass is 35.5. The van der Waals surface area contributed by atoms with Gasteiger partial charge < -0.3 is 0 Å². The number of rotatable bonds is 5. The molecule has 0 aliphatic rings. The topological polar surface area (TPSA) is 46.2 Å². The minimum absolute atomic E-state index is 0.0493. The summed E-state index contributed by atoms with van der Waals surface area (Å²) in [6.45, 7) is 2.04. The molecule has 0 fully saturated rings. The molecule has 2 rings (SSSR count). The molecule has 1 atom stereocenters. The highest BCUT2D eigenvalue weighted by molar-refractivity contribution is 7.89. The van der Waals surface area contributed by atoms with Crippen molar-refractivity contribution in [2.75, 3.05) is 6.54 Å². The zero-order valence-electron chi connectivity index (χ0n) is 11.7. The Morgan fingerprint density at radius 2 is 1.73 bits per heavy atom. The number of hydrogen-bond donors (Lipinski definition) is 1. The van der Waals surface area contributed by atoms with Gasteiger partial charge >= 0.3 is 0 Å². The first kappa shape index (κ1) is 17.2. The second-order valence-corrected chi connectivity index (χ2v) is 7.46. The molecule has 0 spiro atoms. The van der Waals surface area contributed by atoms with Gasteiger partial charge in [-0.3, -0.25) is 0 Å². The highest BCUT2D eigenvalue weighted by Gasteiger charge is 2.17. The van der Waals surface area contributed by atoms with Crippen molar-refractivity contribution in [2.45, 2.75) is 17.7 Å². The Morgan fingerprint density at radius 3 is 2.32 bits per heavy atom. The van der Waals surface area contributed by atoms with Gasteiger partial charge in [0.25, 0.3) is 0 Å². The van der Waals surface area contributed by atoms with Crippen LogP contribution in [0.25, 0.3) is 0 Å². The molecule has 0 aliphatic carbocycles. The molecule has 0 radical (unpaired) electrons. The van der Waals surface area contributed by atoms with Gasteiger partial charge in [0.1, 0.15) is 5.82 Å². The van der Waals surface area contributed by atoms with Crippen molar-refractivity contribution in [2.24, 2.45) is 0 Å². The molecule has 0 amide bonds. The summed E-state index contributed by atoms with van der Waals surface area (Å²) >= 11 is 11.6. The highest BCUT2D eigenvalue weighted by Crippen LogP contribution is 2.25. The van der Waals surface area contributed by atoms with Crippen LogP contribution in [0.15, 0.2) is 47.4 Å². The first-order chi connectivity index (χ1) is 10.3. The van der Waals surface area contributed by atoms with Crippen molar-refractivity contribution in [3.8, 4) is 0 Å². The van der Waals surface area contributed by atoms with Crippen molar-refractivity contribution in [1.29, 1.82) is 0 Å². The standard InChI is InChI=1S/C15H14Cl2FNO2S/c1-10(11-2-4-12(18)5-3-11)9-19-22(20,21)13-6-7-14(16)15(17)8-13/h2-8,10,19H,9H2,1H3. The maximum atomic E-state index is 12.9. The normalized spacial score (nSPS) is 13.1. The fraction of sp³-hybridized carbons (Fsp3) is 0.200. The van der Waals surface area contributed by atoms with E-state index in [0.717, 1.165) is 5.56 Å². The number of halogens is 3. The molecule has 0 saturated heterocycles. The molecular formula is C15H14Cl2FNO2S. The van der Waals surface area contributed by atoms with Crippen molar-refractivity contribution in [1.82, 2.24) is 4.72 Å². The molecule has 118 valence electrons. The lowest BCUT2D eigenvalue weighted by atomic mass is 10.0. The van der Waals surface area contributed by atoms with Crippen LogP contribution < -0.4 is 4.72 Å². The van der Waals surface area contributed by atoms with E-state index in [1.54, 1.807) is 12.1 Å². The minimum Gasteiger partial charge on any atom is -0.211 e. The molecule has 0 bridgehead atoms. The van der Waals surface area contributed by atoms with Crippen LogP contribution in [0.2, 0.25) is 10.0 Å². The van der Waals surface area contributed by atoms with E-state index >= 15 is 0 Å². The van der Waals surface area contributed by atoms with Gasteiger partial charge in [0.15, 0.2) is 0 Å². The second-order valence-electron chi connectivity index (χ2n) is 4.88. The molecule has 7 heteroatoms. The Morgan fingerprint density at radius 1 is 1.09 bits per heavy atom. The summed E-state index contributed by atoms with van der Waals surface area (Å²) in [5.74, 6) is -0.425. The van der Waals surface area contributed by atoms with E-state index in [-0.39, 0.29) is 28.2 Å². The molecule has 0 aromatic heterocycles. The maximum Gasteiger partial charge on any atom is 0.240 e. The zero-order chi connectivity index (χ0) is 16.3. The van der Waals surface area contributed by atoms with Crippen molar-refractivity contribution in [3.63, 3.8) is 0 Å². The Hall–Kier alpha value is -1.14. The summed E-state index contributed by atoms with van der Waals surface area (Å²) in [4.78, 5) is 0.0493. The Bertz CT molecular complexity index is 764. The van der Waals surface area contributed by atoms with Gasteiger partial charge in [-0.2, -0.15) is 0 Å². The molecule has 22 heavy (non-hydrogen) atoms. The van der Waals surface area contributed by atoms with Gasteiger partial charge in [-0.05, 0) is 41.8 Å². The van der Waals surface area contributed by atoms with Crippen LogP contribution in [0.4, 0.5) is 4.39 Å². The summed E-state index contributed by atoms with van der Waals surface area (Å²) < 4.78 is 39.8. The van der Waals surface area contributed by atoms with Crippen molar-refractivity contribution >= 4 is 33.2 Å². The second kappa shape index (κ2) is 6.96. The third-order valence-electron chi connectivity index (χ3n) is 3.22. The van der Waals surface area contributed by atoms with Crippen LogP contribution >= 0.6 is 23.2 Å². The van der Waals surface area contributed by atoms with Crippen LogP contribution in [-0.2, 0) is 10.0 Å². The smallest absolute Gasteiger partial charge is 0.211 e. The number of sulfonamides is 1. The zero-order valence-corrected chi connectivity index (χ0v) is 14.0. The molecule has 1 N–H and O–H groups in total. The van der Waals surface area contributed by atoms with E-state index in [0.29, 0.717) is 5.02 Å². The Labute approximate surface area is 139 Å². The molecule has 2 aromatic rings. The van der Waals surface area contributed by atoms with Crippen LogP contribution in [-0.4, -0.2) is 15.0 Å². The summed E-state index contributed by atoms with van der Waals surface area (Å²) in [6, 6.07) is 10.1. The van der Waals surface area contributed by atoms with Gasteiger partial charge in [-0.25, -0.2) is 17.5 Å². The SMILES string of the molecule is CC(CNS(=O)(=O)c1ccc(Cl)c(Cl)c1)c1ccc(F)cc1. The minimum atomic E-state index is -3.68. The average Bonchev–Trinajstić information content (AvgIpc) is 2.48. The quantitative estimate of drug-likeness (QED) is 0.866. The Kier molecular flexibility index (Phi) is 5.45. The summed E-state index contributed by atoms with van der Waals surface area (Å²) in [5.41, 5.74) is 0.846. The number of hydrogen-bond acceptors (Lipinski definition) is 2. The summed E-state index contributed by atoms with van der Waals surface area (Å²) in [6.07, 6.45) is 0. The van der Waals surface area contributed by atoms with Crippen LogP contribution in [0.5, 0.6) is 0 Å². The largest absolute Gasteiger partial charge is 0.240 e. The first-order valence-corrected chi connectivity index (χ1v) is 8.73. The maximum absolute atomic E-state index is 12.9. The lowest BCUT2D eigenvalue weighted by molar-refractivity contribution is 0.574. The van der Waals surface area contributed by atoms with E-state index in [4.69, 9.17) is 23.2 Å². The van der Waals surface area contributed by atoms with E-state index in [2.05, 4.69) is 4.72 Å². The summed E-state index contributed by atoms with van der Waals surface area (Å²) in [7, 11) is -3.68. The molecule has 2 aromatic carbocycles. The van der Waals surface area contributed by atoms with Crippen LogP contribution in [0.1, 0.15) is 18.4 Å². The molecule has 0 saturated carbocycles. The molecular weight excluding hydrogens is 348 g/mol. The van der Waals surface area contributed by atoms with Gasteiger partial charge in [-0.1, -0.05) is 42.3 Å². The average molecular weight is 362 g/mol. The lowest BCUT2D eigenvalue weighted by Gasteiger charge is -2.14. The van der Waals surface area contributed by atoms with E-state index < -0.39 is 10.0 Å². The van der Waals surface area contributed by atoms with Gasteiger partial charge in [0.05, 0.1) is 14.9 Å². The fourth-order valence-electron chi connectivity index (χ4n) is 1.87. The van der Waals surface area contributed by atoms with Gasteiger partial charge in [0.2, 0.25) is 10.0 Å². The third kappa shape index (κ3) is 4.20. The van der Waals surface area contributed by atoms with Gasteiger partial charge in [0, 0.05) is 6.54 Å². The predicted molar refractivity (Wildman–Crippen MR) is 86.5 cm³/mol. The summed E-state index contributed by atoms with van der Waals surface area (Å²) in [5, 5.41) is 0.469.